The highest BCUT2D eigenvalue weighted by molar-refractivity contribution is 7.95. The first-order valence-corrected chi connectivity index (χ1v) is 9.70. The molecule has 2 aromatic carbocycles. The number of rotatable bonds is 4. The van der Waals surface area contributed by atoms with E-state index < -0.39 is 9.84 Å². The summed E-state index contributed by atoms with van der Waals surface area (Å²) in [7, 11) is -3.93. The molecule has 1 heterocycles. The van der Waals surface area contributed by atoms with Crippen molar-refractivity contribution in [3.8, 4) is 11.8 Å². The van der Waals surface area contributed by atoms with E-state index >= 15 is 0 Å². The van der Waals surface area contributed by atoms with E-state index in [9.17, 15) is 18.1 Å². The summed E-state index contributed by atoms with van der Waals surface area (Å²) in [5.74, 6) is -0.382. The van der Waals surface area contributed by atoms with Crippen LogP contribution in [0.1, 0.15) is 17.0 Å². The Bertz CT molecular complexity index is 1170. The minimum Gasteiger partial charge on any atom is -0.315 e. The smallest absolute Gasteiger partial charge is 0.216 e. The second-order valence-electron chi connectivity index (χ2n) is 6.05. The number of aryl methyl sites for hydroxylation is 1. The molecule has 4 nitrogen and oxygen atoms in total. The van der Waals surface area contributed by atoms with Gasteiger partial charge >= 0.3 is 0 Å². The Morgan fingerprint density at radius 2 is 1.70 bits per heavy atom. The lowest BCUT2D eigenvalue weighted by molar-refractivity contribution is 0.603. The highest BCUT2D eigenvalue weighted by Crippen LogP contribution is 2.27. The van der Waals surface area contributed by atoms with Crippen molar-refractivity contribution in [1.82, 2.24) is 4.57 Å². The topological polar surface area (TPSA) is 62.9 Å². The molecule has 0 atom stereocenters. The number of sulfone groups is 1. The van der Waals surface area contributed by atoms with Crippen molar-refractivity contribution in [2.75, 3.05) is 0 Å². The maximum atomic E-state index is 14.2. The fourth-order valence-corrected chi connectivity index (χ4v) is 4.15. The number of halogens is 1. The standard InChI is InChI=1S/C21H17FN2O2S/c1-15-12-17(16(2)24(15)21-11-7-6-10-20(21)22)13-19(14-23)27(25,26)18-8-4-3-5-9-18/h3-13H,1-2H3/b19-13+. The van der Waals surface area contributed by atoms with Crippen LogP contribution in [0, 0.1) is 31.0 Å². The van der Waals surface area contributed by atoms with E-state index in [0.29, 0.717) is 16.9 Å². The second kappa shape index (κ2) is 7.22. The van der Waals surface area contributed by atoms with Gasteiger partial charge < -0.3 is 4.57 Å². The SMILES string of the molecule is Cc1cc(/C=C(\C#N)S(=O)(=O)c2ccccc2)c(C)n1-c1ccccc1F. The van der Waals surface area contributed by atoms with Crippen molar-refractivity contribution in [2.24, 2.45) is 0 Å². The van der Waals surface area contributed by atoms with Gasteiger partial charge in [0.05, 0.1) is 10.6 Å². The molecule has 3 rings (SSSR count). The predicted octanol–water partition coefficient (Wildman–Crippen LogP) is 4.57. The molecule has 0 N–H and O–H groups in total. The molecule has 0 radical (unpaired) electrons. The summed E-state index contributed by atoms with van der Waals surface area (Å²) in [6, 6.07) is 17.7. The van der Waals surface area contributed by atoms with Crippen LogP contribution in [-0.2, 0) is 9.84 Å². The number of nitrogens with zero attached hydrogens (tertiary/aromatic N) is 2. The number of hydrogen-bond acceptors (Lipinski definition) is 3. The van der Waals surface area contributed by atoms with E-state index in [0.717, 1.165) is 5.69 Å². The summed E-state index contributed by atoms with van der Waals surface area (Å²) in [4.78, 5) is -0.303. The Labute approximate surface area is 157 Å². The number of aromatic nitrogens is 1. The molecule has 27 heavy (non-hydrogen) atoms. The first kappa shape index (κ1) is 18.6. The van der Waals surface area contributed by atoms with Crippen molar-refractivity contribution in [2.45, 2.75) is 18.7 Å². The maximum absolute atomic E-state index is 14.2. The molecular weight excluding hydrogens is 363 g/mol. The van der Waals surface area contributed by atoms with Gasteiger partial charge in [-0.25, -0.2) is 12.8 Å². The number of allylic oxidation sites excluding steroid dienone is 1. The van der Waals surface area contributed by atoms with Crippen LogP contribution in [0.3, 0.4) is 0 Å². The third-order valence-electron chi connectivity index (χ3n) is 4.30. The Balaban J connectivity index is 2.14. The van der Waals surface area contributed by atoms with Gasteiger partial charge in [0, 0.05) is 11.4 Å². The van der Waals surface area contributed by atoms with Gasteiger partial charge in [-0.1, -0.05) is 30.3 Å². The summed E-state index contributed by atoms with van der Waals surface area (Å²) in [5, 5.41) is 9.45. The van der Waals surface area contributed by atoms with Crippen LogP contribution >= 0.6 is 0 Å². The fraction of sp³-hybridized carbons (Fsp3) is 0.0952. The monoisotopic (exact) mass is 380 g/mol. The Morgan fingerprint density at radius 3 is 2.33 bits per heavy atom. The van der Waals surface area contributed by atoms with E-state index in [1.807, 2.05) is 0 Å². The van der Waals surface area contributed by atoms with Crippen LogP contribution in [-0.4, -0.2) is 13.0 Å². The van der Waals surface area contributed by atoms with Gasteiger partial charge in [0.15, 0.2) is 0 Å². The van der Waals surface area contributed by atoms with Crippen LogP contribution in [0.5, 0.6) is 0 Å². The molecule has 0 aliphatic heterocycles. The van der Waals surface area contributed by atoms with E-state index in [4.69, 9.17) is 0 Å². The maximum Gasteiger partial charge on any atom is 0.216 e. The molecule has 0 saturated heterocycles. The Kier molecular flexibility index (Phi) is 4.98. The van der Waals surface area contributed by atoms with Gasteiger partial charge in [-0.3, -0.25) is 0 Å². The van der Waals surface area contributed by atoms with Gasteiger partial charge in [-0.2, -0.15) is 5.26 Å². The van der Waals surface area contributed by atoms with Crippen LogP contribution < -0.4 is 0 Å². The average Bonchev–Trinajstić information content (AvgIpc) is 2.94. The minimum atomic E-state index is -3.93. The number of benzene rings is 2. The molecule has 0 aliphatic rings. The lowest BCUT2D eigenvalue weighted by Crippen LogP contribution is -2.04. The first-order chi connectivity index (χ1) is 12.9. The molecule has 0 amide bonds. The highest BCUT2D eigenvalue weighted by atomic mass is 32.2. The molecule has 0 fully saturated rings. The van der Waals surface area contributed by atoms with Crippen molar-refractivity contribution >= 4 is 15.9 Å². The summed E-state index contributed by atoms with van der Waals surface area (Å²) in [5.41, 5.74) is 2.30. The predicted molar refractivity (Wildman–Crippen MR) is 102 cm³/mol. The van der Waals surface area contributed by atoms with Crippen LogP contribution in [0.4, 0.5) is 4.39 Å². The summed E-state index contributed by atoms with van der Waals surface area (Å²) in [6.45, 7) is 3.56. The molecule has 0 unspecified atom stereocenters. The molecule has 0 aliphatic carbocycles. The van der Waals surface area contributed by atoms with Gasteiger partial charge in [0.2, 0.25) is 9.84 Å². The van der Waals surface area contributed by atoms with Crippen LogP contribution in [0.2, 0.25) is 0 Å². The normalized spacial score (nSPS) is 12.0. The van der Waals surface area contributed by atoms with E-state index in [1.54, 1.807) is 66.9 Å². The van der Waals surface area contributed by atoms with Gasteiger partial charge in [0.1, 0.15) is 16.8 Å². The molecule has 136 valence electrons. The van der Waals surface area contributed by atoms with E-state index in [2.05, 4.69) is 0 Å². The molecule has 0 spiro atoms. The molecule has 6 heteroatoms. The lowest BCUT2D eigenvalue weighted by Gasteiger charge is -2.10. The third-order valence-corrected chi connectivity index (χ3v) is 5.98. The van der Waals surface area contributed by atoms with Gasteiger partial charge in [0.25, 0.3) is 0 Å². The highest BCUT2D eigenvalue weighted by Gasteiger charge is 2.22. The Hall–Kier alpha value is -3.17. The summed E-state index contributed by atoms with van der Waals surface area (Å²) in [6.07, 6.45) is 1.34. The lowest BCUT2D eigenvalue weighted by atomic mass is 10.2. The van der Waals surface area contributed by atoms with E-state index in [-0.39, 0.29) is 15.6 Å². The number of para-hydroxylation sites is 1. The van der Waals surface area contributed by atoms with Crippen molar-refractivity contribution < 1.29 is 12.8 Å². The van der Waals surface area contributed by atoms with Gasteiger partial charge in [-0.15, -0.1) is 0 Å². The summed E-state index contributed by atoms with van der Waals surface area (Å²) < 4.78 is 41.4. The summed E-state index contributed by atoms with van der Waals surface area (Å²) >= 11 is 0. The molecule has 0 bridgehead atoms. The zero-order chi connectivity index (χ0) is 19.6. The number of hydrogen-bond donors (Lipinski definition) is 0. The van der Waals surface area contributed by atoms with Crippen LogP contribution in [0.15, 0.2) is 70.5 Å². The Morgan fingerprint density at radius 1 is 1.07 bits per heavy atom. The first-order valence-electron chi connectivity index (χ1n) is 8.22. The van der Waals surface area contributed by atoms with Crippen molar-refractivity contribution in [3.63, 3.8) is 0 Å². The fourth-order valence-electron chi connectivity index (χ4n) is 2.98. The van der Waals surface area contributed by atoms with Gasteiger partial charge in [-0.05, 0) is 55.8 Å². The van der Waals surface area contributed by atoms with E-state index in [1.165, 1.54) is 24.3 Å². The minimum absolute atomic E-state index is 0.0562. The number of nitriles is 1. The largest absolute Gasteiger partial charge is 0.315 e. The molecule has 3 aromatic rings. The zero-order valence-corrected chi connectivity index (χ0v) is 15.7. The molecule has 0 saturated carbocycles. The molecule has 1 aromatic heterocycles. The van der Waals surface area contributed by atoms with Crippen molar-refractivity contribution in [1.29, 1.82) is 5.26 Å². The quantitative estimate of drug-likeness (QED) is 0.623. The second-order valence-corrected chi connectivity index (χ2v) is 7.97. The zero-order valence-electron chi connectivity index (χ0n) is 14.8. The third kappa shape index (κ3) is 3.42. The van der Waals surface area contributed by atoms with Crippen molar-refractivity contribution in [3.05, 3.63) is 88.3 Å². The van der Waals surface area contributed by atoms with Crippen LogP contribution in [0.25, 0.3) is 11.8 Å². The molecular formula is C21H17FN2O2S. The average molecular weight is 380 g/mol.